The first-order chi connectivity index (χ1) is 17.3. The molecular formula is C29H30N2O5. The van der Waals surface area contributed by atoms with Crippen molar-refractivity contribution in [2.45, 2.75) is 40.0 Å². The van der Waals surface area contributed by atoms with Crippen molar-refractivity contribution in [3.8, 4) is 0 Å². The first kappa shape index (κ1) is 24.0. The minimum absolute atomic E-state index is 0.138. The van der Waals surface area contributed by atoms with Crippen LogP contribution in [-0.4, -0.2) is 30.3 Å². The molecule has 0 unspecified atom stereocenters. The maximum atomic E-state index is 13.1. The van der Waals surface area contributed by atoms with Crippen molar-refractivity contribution in [1.29, 1.82) is 0 Å². The zero-order valence-corrected chi connectivity index (χ0v) is 20.7. The number of esters is 1. The molecule has 7 nitrogen and oxygen atoms in total. The maximum Gasteiger partial charge on any atom is 0.338 e. The van der Waals surface area contributed by atoms with Crippen molar-refractivity contribution >= 4 is 35.1 Å². The molecule has 0 spiro atoms. The van der Waals surface area contributed by atoms with Crippen LogP contribution in [0.4, 0.5) is 11.4 Å². The number of benzene rings is 2. The van der Waals surface area contributed by atoms with E-state index in [1.165, 1.54) is 22.6 Å². The Labute approximate surface area is 210 Å². The van der Waals surface area contributed by atoms with E-state index >= 15 is 0 Å². The molecule has 186 valence electrons. The van der Waals surface area contributed by atoms with Gasteiger partial charge < -0.3 is 10.1 Å². The molecule has 7 heteroatoms. The Morgan fingerprint density at radius 2 is 1.61 bits per heavy atom. The molecule has 1 heterocycles. The highest BCUT2D eigenvalue weighted by atomic mass is 16.5. The molecule has 2 aliphatic carbocycles. The molecular weight excluding hydrogens is 456 g/mol. The smallest absolute Gasteiger partial charge is 0.338 e. The fraction of sp³-hybridized carbons (Fsp3) is 0.379. The number of carbonyl (C=O) groups excluding carboxylic acids is 4. The number of para-hydroxylation sites is 1. The summed E-state index contributed by atoms with van der Waals surface area (Å²) in [5.41, 5.74) is 4.73. The SMILES string of the molecule is CCc1cccc(CC)c1NC(=O)COC(=O)c1ccc(N2C(=O)[C@@H]3[C@@H](C2=O)[C@H]2C=C(C)[C@H]3C2)cc1. The van der Waals surface area contributed by atoms with Gasteiger partial charge in [0, 0.05) is 5.69 Å². The molecule has 1 saturated heterocycles. The number of allylic oxidation sites excluding steroid dienone is 2. The first-order valence-electron chi connectivity index (χ1n) is 12.6. The van der Waals surface area contributed by atoms with E-state index in [-0.39, 0.29) is 41.0 Å². The van der Waals surface area contributed by atoms with Crippen molar-refractivity contribution < 1.29 is 23.9 Å². The summed E-state index contributed by atoms with van der Waals surface area (Å²) < 4.78 is 5.22. The second-order valence-electron chi connectivity index (χ2n) is 9.81. The van der Waals surface area contributed by atoms with E-state index in [1.54, 1.807) is 12.1 Å². The lowest BCUT2D eigenvalue weighted by Crippen LogP contribution is -2.33. The number of hydrogen-bond acceptors (Lipinski definition) is 5. The highest BCUT2D eigenvalue weighted by Gasteiger charge is 2.60. The fourth-order valence-corrected chi connectivity index (χ4v) is 6.07. The molecule has 1 aliphatic heterocycles. The highest BCUT2D eigenvalue weighted by Crippen LogP contribution is 2.55. The van der Waals surface area contributed by atoms with Crippen LogP contribution in [0, 0.1) is 23.7 Å². The van der Waals surface area contributed by atoms with Gasteiger partial charge in [0.25, 0.3) is 5.91 Å². The summed E-state index contributed by atoms with van der Waals surface area (Å²) in [5, 5.41) is 2.88. The van der Waals surface area contributed by atoms with Crippen molar-refractivity contribution in [3.63, 3.8) is 0 Å². The van der Waals surface area contributed by atoms with Gasteiger partial charge in [-0.2, -0.15) is 0 Å². The number of fused-ring (bicyclic) bond motifs is 5. The number of hydrogen-bond donors (Lipinski definition) is 1. The summed E-state index contributed by atoms with van der Waals surface area (Å²) in [5.74, 6) is -1.64. The van der Waals surface area contributed by atoms with Gasteiger partial charge in [0.1, 0.15) is 0 Å². The third-order valence-electron chi connectivity index (χ3n) is 7.84. The molecule has 5 rings (SSSR count). The number of nitrogens with zero attached hydrogens (tertiary/aromatic N) is 1. The van der Waals surface area contributed by atoms with E-state index < -0.39 is 18.5 Å². The quantitative estimate of drug-likeness (QED) is 0.358. The molecule has 0 aromatic heterocycles. The zero-order valence-electron chi connectivity index (χ0n) is 20.7. The normalized spacial score (nSPS) is 24.1. The number of anilines is 2. The number of aryl methyl sites for hydroxylation is 2. The molecule has 2 aromatic rings. The van der Waals surface area contributed by atoms with E-state index in [4.69, 9.17) is 4.74 Å². The van der Waals surface area contributed by atoms with Crippen LogP contribution >= 0.6 is 0 Å². The van der Waals surface area contributed by atoms with Gasteiger partial charge in [-0.25, -0.2) is 4.79 Å². The summed E-state index contributed by atoms with van der Waals surface area (Å²) in [7, 11) is 0. The van der Waals surface area contributed by atoms with E-state index in [0.29, 0.717) is 5.69 Å². The van der Waals surface area contributed by atoms with Crippen LogP contribution < -0.4 is 10.2 Å². The lowest BCUT2D eigenvalue weighted by molar-refractivity contribution is -0.123. The van der Waals surface area contributed by atoms with Gasteiger partial charge in [0.2, 0.25) is 11.8 Å². The first-order valence-corrected chi connectivity index (χ1v) is 12.6. The van der Waals surface area contributed by atoms with Crippen LogP contribution in [0.15, 0.2) is 54.1 Å². The number of amides is 3. The van der Waals surface area contributed by atoms with Crippen LogP contribution in [0.5, 0.6) is 0 Å². The maximum absolute atomic E-state index is 13.1. The molecule has 1 N–H and O–H groups in total. The Bertz CT molecular complexity index is 1260. The summed E-state index contributed by atoms with van der Waals surface area (Å²) in [6.07, 6.45) is 4.57. The minimum atomic E-state index is -0.648. The summed E-state index contributed by atoms with van der Waals surface area (Å²) in [4.78, 5) is 52.5. The molecule has 4 atom stereocenters. The fourth-order valence-electron chi connectivity index (χ4n) is 6.07. The summed E-state index contributed by atoms with van der Waals surface area (Å²) >= 11 is 0. The number of imide groups is 1. The van der Waals surface area contributed by atoms with Crippen LogP contribution in [0.2, 0.25) is 0 Å². The molecule has 3 aliphatic rings. The van der Waals surface area contributed by atoms with Crippen molar-refractivity contribution in [3.05, 3.63) is 70.8 Å². The average Bonchev–Trinajstić information content (AvgIpc) is 3.52. The van der Waals surface area contributed by atoms with Crippen LogP contribution in [0.1, 0.15) is 48.7 Å². The van der Waals surface area contributed by atoms with Crippen molar-refractivity contribution in [2.24, 2.45) is 23.7 Å². The van der Waals surface area contributed by atoms with Crippen molar-refractivity contribution in [1.82, 2.24) is 0 Å². The van der Waals surface area contributed by atoms with Gasteiger partial charge in [0.15, 0.2) is 6.61 Å². The second kappa shape index (κ2) is 9.37. The summed E-state index contributed by atoms with van der Waals surface area (Å²) in [6.45, 7) is 5.66. The van der Waals surface area contributed by atoms with E-state index in [0.717, 1.165) is 36.1 Å². The topological polar surface area (TPSA) is 92.8 Å². The Balaban J connectivity index is 1.21. The predicted octanol–water partition coefficient (Wildman–Crippen LogP) is 4.31. The minimum Gasteiger partial charge on any atom is -0.452 e. The van der Waals surface area contributed by atoms with Crippen LogP contribution in [0.3, 0.4) is 0 Å². The Kier molecular flexibility index (Phi) is 6.24. The Hall–Kier alpha value is -3.74. The number of nitrogens with one attached hydrogen (secondary N) is 1. The van der Waals surface area contributed by atoms with Crippen LogP contribution in [-0.2, 0) is 32.0 Å². The van der Waals surface area contributed by atoms with Gasteiger partial charge in [-0.05, 0) is 73.4 Å². The largest absolute Gasteiger partial charge is 0.452 e. The lowest BCUT2D eigenvalue weighted by Gasteiger charge is -2.19. The highest BCUT2D eigenvalue weighted by molar-refractivity contribution is 6.23. The molecule has 2 aromatic carbocycles. The molecule has 1 saturated carbocycles. The van der Waals surface area contributed by atoms with Gasteiger partial charge in [-0.1, -0.05) is 43.7 Å². The number of rotatable bonds is 7. The predicted molar refractivity (Wildman–Crippen MR) is 135 cm³/mol. The second-order valence-corrected chi connectivity index (χ2v) is 9.81. The van der Waals surface area contributed by atoms with E-state index in [9.17, 15) is 19.2 Å². The average molecular weight is 487 g/mol. The van der Waals surface area contributed by atoms with Gasteiger partial charge in [-0.15, -0.1) is 0 Å². The summed E-state index contributed by atoms with van der Waals surface area (Å²) in [6, 6.07) is 12.1. The lowest BCUT2D eigenvalue weighted by atomic mass is 9.82. The standard InChI is InChI=1S/C29H30N2O5/c1-4-17-7-6-8-18(5-2)26(17)30-23(32)15-36-29(35)19-9-11-21(12-10-19)31-27(33)24-20-13-16(3)22(14-20)25(24)28(31)34/h6-13,20,22,24-25H,4-5,14-15H2,1-3H3,(H,30,32)/t20-,22+,24-,25-/m0/s1. The molecule has 2 fully saturated rings. The Morgan fingerprint density at radius 3 is 2.25 bits per heavy atom. The van der Waals surface area contributed by atoms with Crippen molar-refractivity contribution in [2.75, 3.05) is 16.8 Å². The number of ether oxygens (including phenoxy) is 1. The Morgan fingerprint density at radius 1 is 0.972 bits per heavy atom. The van der Waals surface area contributed by atoms with Crippen LogP contribution in [0.25, 0.3) is 0 Å². The van der Waals surface area contributed by atoms with E-state index in [2.05, 4.69) is 11.4 Å². The molecule has 36 heavy (non-hydrogen) atoms. The third-order valence-corrected chi connectivity index (χ3v) is 7.84. The molecule has 0 radical (unpaired) electrons. The monoisotopic (exact) mass is 486 g/mol. The zero-order chi connectivity index (χ0) is 25.6. The number of carbonyl (C=O) groups is 4. The van der Waals surface area contributed by atoms with Gasteiger partial charge in [-0.3, -0.25) is 19.3 Å². The van der Waals surface area contributed by atoms with Gasteiger partial charge in [0.05, 0.1) is 23.1 Å². The van der Waals surface area contributed by atoms with E-state index in [1.807, 2.05) is 39.0 Å². The molecule has 2 bridgehead atoms. The molecule has 3 amide bonds. The third kappa shape index (κ3) is 3.92. The van der Waals surface area contributed by atoms with Gasteiger partial charge >= 0.3 is 5.97 Å².